The molecule has 0 N–H and O–H groups in total. The predicted octanol–water partition coefficient (Wildman–Crippen LogP) is 6.01. The van der Waals surface area contributed by atoms with Gasteiger partial charge in [0.05, 0.1) is 13.1 Å². The van der Waals surface area contributed by atoms with Crippen molar-refractivity contribution in [2.75, 3.05) is 26.2 Å². The molecule has 3 aromatic carbocycles. The number of hydrogen-bond donors (Lipinski definition) is 0. The van der Waals surface area contributed by atoms with Gasteiger partial charge in [0.15, 0.2) is 12.2 Å². The van der Waals surface area contributed by atoms with Gasteiger partial charge in [-0.05, 0) is 37.3 Å². The minimum atomic E-state index is -1.02. The van der Waals surface area contributed by atoms with Gasteiger partial charge in [-0.2, -0.15) is 0 Å². The van der Waals surface area contributed by atoms with Crippen molar-refractivity contribution < 1.29 is 32.3 Å². The van der Waals surface area contributed by atoms with Gasteiger partial charge in [0.2, 0.25) is 5.78 Å². The van der Waals surface area contributed by atoms with Crippen LogP contribution in [0.15, 0.2) is 72.8 Å². The lowest BCUT2D eigenvalue weighted by molar-refractivity contribution is -0.938. The van der Waals surface area contributed by atoms with Gasteiger partial charge in [0.25, 0.3) is 0 Å². The van der Waals surface area contributed by atoms with E-state index in [0.717, 1.165) is 31.5 Å². The van der Waals surface area contributed by atoms with E-state index < -0.39 is 23.9 Å². The fourth-order valence-electron chi connectivity index (χ4n) is 5.71. The van der Waals surface area contributed by atoms with Crippen LogP contribution in [-0.4, -0.2) is 48.7 Å². The maximum absolute atomic E-state index is 14.0. The minimum absolute atomic E-state index is 0.0858. The summed E-state index contributed by atoms with van der Waals surface area (Å²) in [6.07, 6.45) is -0.584. The number of ketones is 1. The molecule has 2 bridgehead atoms. The van der Waals surface area contributed by atoms with Crippen molar-refractivity contribution in [3.8, 4) is 0 Å². The van der Waals surface area contributed by atoms with E-state index >= 15 is 0 Å². The van der Waals surface area contributed by atoms with Crippen LogP contribution in [0.1, 0.15) is 46.0 Å². The quantitative estimate of drug-likeness (QED) is 0.224. The molecule has 192 valence electrons. The Bertz CT molecular complexity index is 1260. The lowest BCUT2D eigenvalue weighted by Crippen LogP contribution is -2.65. The number of hydrogen-bond acceptors (Lipinski definition) is 4. The van der Waals surface area contributed by atoms with Crippen molar-refractivity contribution in [3.05, 3.63) is 107 Å². The van der Waals surface area contributed by atoms with E-state index in [-0.39, 0.29) is 17.8 Å². The zero-order chi connectivity index (χ0) is 26.0. The number of rotatable bonds is 7. The van der Waals surface area contributed by atoms with Gasteiger partial charge < -0.3 is 14.0 Å². The van der Waals surface area contributed by atoms with Crippen LogP contribution >= 0.6 is 0 Å². The Balaban J connectivity index is 1.30. The highest BCUT2D eigenvalue weighted by Crippen LogP contribution is 2.37. The van der Waals surface area contributed by atoms with Crippen LogP contribution in [0.25, 0.3) is 0 Å². The van der Waals surface area contributed by atoms with Gasteiger partial charge in [-0.1, -0.05) is 48.0 Å². The van der Waals surface area contributed by atoms with Gasteiger partial charge in [-0.3, -0.25) is 4.79 Å². The van der Waals surface area contributed by atoms with Crippen molar-refractivity contribution in [1.82, 2.24) is 0 Å². The largest absolute Gasteiger partial charge is 0.509 e. The molecule has 0 aromatic heterocycles. The number of benzene rings is 3. The monoisotopic (exact) mass is 506 g/mol. The Labute approximate surface area is 215 Å². The number of ether oxygens (including phenoxy) is 2. The van der Waals surface area contributed by atoms with Crippen LogP contribution in [0.4, 0.5) is 13.6 Å². The zero-order valence-electron chi connectivity index (χ0n) is 20.7. The van der Waals surface area contributed by atoms with E-state index in [0.29, 0.717) is 34.3 Å². The molecule has 7 heteroatoms. The first-order valence-electron chi connectivity index (χ1n) is 12.6. The number of carbonyl (C=O) groups is 2. The van der Waals surface area contributed by atoms with Crippen LogP contribution < -0.4 is 0 Å². The number of nitrogens with zero attached hydrogens (tertiary/aromatic N) is 1. The van der Waals surface area contributed by atoms with Gasteiger partial charge in [-0.25, -0.2) is 13.6 Å². The molecule has 3 aliphatic heterocycles. The first-order chi connectivity index (χ1) is 17.8. The Morgan fingerprint density at radius 3 is 2.14 bits per heavy atom. The second kappa shape index (κ2) is 10.4. The third kappa shape index (κ3) is 5.72. The molecule has 1 atom stereocenters. The van der Waals surface area contributed by atoms with Gasteiger partial charge in [-0.15, -0.1) is 0 Å². The van der Waals surface area contributed by atoms with E-state index in [2.05, 4.69) is 0 Å². The molecule has 0 saturated carbocycles. The molecule has 0 amide bonds. The first kappa shape index (κ1) is 25.1. The molecule has 1 unspecified atom stereocenters. The average molecular weight is 507 g/mol. The molecule has 3 heterocycles. The summed E-state index contributed by atoms with van der Waals surface area (Å²) >= 11 is 0. The molecule has 37 heavy (non-hydrogen) atoms. The maximum Gasteiger partial charge on any atom is 0.509 e. The number of Topliss-reactive ketones (excluding diaryl/α,β-unsaturated/α-hetero) is 1. The highest BCUT2D eigenvalue weighted by Gasteiger charge is 2.49. The van der Waals surface area contributed by atoms with E-state index in [1.165, 1.54) is 36.4 Å². The molecule has 0 aliphatic carbocycles. The number of quaternary nitrogens is 1. The molecule has 3 fully saturated rings. The van der Waals surface area contributed by atoms with Crippen molar-refractivity contribution in [2.24, 2.45) is 5.92 Å². The smallest absolute Gasteiger partial charge is 0.425 e. The predicted molar refractivity (Wildman–Crippen MR) is 134 cm³/mol. The number of piperidine rings is 3. The van der Waals surface area contributed by atoms with Gasteiger partial charge in [0, 0.05) is 35.4 Å². The molecular weight excluding hydrogens is 476 g/mol. The molecule has 3 saturated heterocycles. The van der Waals surface area contributed by atoms with Crippen molar-refractivity contribution >= 4 is 11.9 Å². The van der Waals surface area contributed by atoms with Gasteiger partial charge in [0.1, 0.15) is 24.7 Å². The summed E-state index contributed by atoms with van der Waals surface area (Å²) in [7, 11) is 0. The summed E-state index contributed by atoms with van der Waals surface area (Å²) in [6.45, 7) is 4.60. The second-order valence-electron chi connectivity index (χ2n) is 10.3. The van der Waals surface area contributed by atoms with Crippen LogP contribution in [0.2, 0.25) is 0 Å². The van der Waals surface area contributed by atoms with Crippen molar-refractivity contribution in [1.29, 1.82) is 0 Å². The van der Waals surface area contributed by atoms with E-state index in [4.69, 9.17) is 9.47 Å². The van der Waals surface area contributed by atoms with E-state index in [1.807, 2.05) is 31.2 Å². The lowest BCUT2D eigenvalue weighted by Gasteiger charge is -2.51. The molecule has 6 rings (SSSR count). The topological polar surface area (TPSA) is 52.6 Å². The SMILES string of the molecule is Cc1cccc(C(=O)C[N+]23CCC(CC2)C(OC(=O)OC(c2cccc(F)c2)c2cccc(F)c2)C3)c1. The summed E-state index contributed by atoms with van der Waals surface area (Å²) < 4.78 is 40.0. The van der Waals surface area contributed by atoms with E-state index in [1.54, 1.807) is 12.1 Å². The number of halogens is 2. The van der Waals surface area contributed by atoms with Crippen LogP contribution in [0.3, 0.4) is 0 Å². The molecule has 3 aromatic rings. The zero-order valence-corrected chi connectivity index (χ0v) is 20.7. The standard InChI is InChI=1S/C30H30F2NO4/c1-20-5-2-6-22(15-20)27(34)18-33-13-11-21(12-14-33)28(19-33)36-30(35)37-29(23-7-3-9-25(31)16-23)24-8-4-10-26(32)17-24/h2-10,15-17,21,28-29H,11-14,18-19H2,1H3/q+1. The normalized spacial score (nSPS) is 22.6. The number of aryl methyl sites for hydroxylation is 1. The van der Waals surface area contributed by atoms with E-state index in [9.17, 15) is 18.4 Å². The Hall–Kier alpha value is -3.58. The van der Waals surface area contributed by atoms with Crippen molar-refractivity contribution in [2.45, 2.75) is 32.0 Å². The third-order valence-corrected chi connectivity index (χ3v) is 7.63. The molecule has 0 radical (unpaired) electrons. The Morgan fingerprint density at radius 2 is 1.54 bits per heavy atom. The summed E-state index contributed by atoms with van der Waals surface area (Å²) in [6, 6.07) is 19.0. The van der Waals surface area contributed by atoms with Crippen LogP contribution in [0, 0.1) is 24.5 Å². The molecule has 3 aliphatic rings. The summed E-state index contributed by atoms with van der Waals surface area (Å²) in [4.78, 5) is 26.1. The number of carbonyl (C=O) groups excluding carboxylic acids is 2. The number of fused-ring (bicyclic) bond motifs is 3. The van der Waals surface area contributed by atoms with Crippen molar-refractivity contribution in [3.63, 3.8) is 0 Å². The maximum atomic E-state index is 14.0. The first-order valence-corrected chi connectivity index (χ1v) is 12.6. The highest BCUT2D eigenvalue weighted by molar-refractivity contribution is 5.97. The molecule has 5 nitrogen and oxygen atoms in total. The molecular formula is C30H30F2NO4+. The van der Waals surface area contributed by atoms with Gasteiger partial charge >= 0.3 is 6.16 Å². The minimum Gasteiger partial charge on any atom is -0.425 e. The summed E-state index contributed by atoms with van der Waals surface area (Å²) in [5, 5.41) is 0. The summed E-state index contributed by atoms with van der Waals surface area (Å²) in [5.74, 6) is -0.693. The fourth-order valence-corrected chi connectivity index (χ4v) is 5.71. The molecule has 0 spiro atoms. The summed E-state index contributed by atoms with van der Waals surface area (Å²) in [5.41, 5.74) is 2.50. The Kier molecular flexibility index (Phi) is 7.07. The van der Waals surface area contributed by atoms with Crippen LogP contribution in [0.5, 0.6) is 0 Å². The third-order valence-electron chi connectivity index (χ3n) is 7.63. The average Bonchev–Trinajstić information content (AvgIpc) is 2.88. The lowest BCUT2D eigenvalue weighted by atomic mass is 9.83. The van der Waals surface area contributed by atoms with Crippen LogP contribution in [-0.2, 0) is 9.47 Å². The highest BCUT2D eigenvalue weighted by atomic mass is 19.1. The Morgan fingerprint density at radius 1 is 0.919 bits per heavy atom. The fraction of sp³-hybridized carbons (Fsp3) is 0.333. The second-order valence-corrected chi connectivity index (χ2v) is 10.3.